The van der Waals surface area contributed by atoms with E-state index in [1.54, 1.807) is 30.3 Å². The van der Waals surface area contributed by atoms with Crippen LogP contribution in [0.2, 0.25) is 0 Å². The number of benzene rings is 2. The van der Waals surface area contributed by atoms with Crippen LogP contribution in [0.4, 0.5) is 0 Å². The number of ketones is 1. The van der Waals surface area contributed by atoms with Gasteiger partial charge in [-0.25, -0.2) is 4.79 Å². The van der Waals surface area contributed by atoms with E-state index in [0.717, 1.165) is 21.6 Å². The number of Topliss-reactive ketones (excluding diaryl/α,β-unsaturated/α-hetero) is 1. The lowest BCUT2D eigenvalue weighted by molar-refractivity contribution is -0.142. The van der Waals surface area contributed by atoms with Crippen LogP contribution in [0.25, 0.3) is 0 Å². The van der Waals surface area contributed by atoms with Crippen molar-refractivity contribution in [2.45, 2.75) is 51.1 Å². The molecule has 4 atom stereocenters. The number of carboxylic acid groups (broad SMARTS) is 1. The molecule has 1 aliphatic heterocycles. The van der Waals surface area contributed by atoms with Crippen LogP contribution in [-0.2, 0) is 10.2 Å². The van der Waals surface area contributed by atoms with Gasteiger partial charge in [-0.1, -0.05) is 69.3 Å². The number of nitrogens with zero attached hydrogens (tertiary/aromatic N) is 1. The summed E-state index contributed by atoms with van der Waals surface area (Å²) in [6.07, 6.45) is 0. The Morgan fingerprint density at radius 2 is 1.54 bits per heavy atom. The van der Waals surface area contributed by atoms with E-state index in [9.17, 15) is 19.5 Å². The number of rotatable bonds is 6. The van der Waals surface area contributed by atoms with Crippen LogP contribution in [0.15, 0.2) is 83.6 Å². The topological polar surface area (TPSA) is 74.7 Å². The van der Waals surface area contributed by atoms with Crippen LogP contribution in [0.3, 0.4) is 0 Å². The molecule has 200 valence electrons. The third kappa shape index (κ3) is 4.97. The first-order valence-electron chi connectivity index (χ1n) is 12.9. The number of hydrogen-bond acceptors (Lipinski definition) is 5. The quantitative estimate of drug-likeness (QED) is 0.252. The molecule has 4 unspecified atom stereocenters. The molecule has 4 aromatic rings. The summed E-state index contributed by atoms with van der Waals surface area (Å²) in [6.45, 7) is 8.31. The SMILES string of the molecule is Cc1ccsc1C1C(C(=O)c2cccs2)C(c2ccc(C(C)(C)C)cc2)C(C(=O)O)N1C(=O)c1ccccc1. The van der Waals surface area contributed by atoms with E-state index in [2.05, 4.69) is 20.8 Å². The molecule has 5 nitrogen and oxygen atoms in total. The van der Waals surface area contributed by atoms with Crippen LogP contribution < -0.4 is 0 Å². The summed E-state index contributed by atoms with van der Waals surface area (Å²) in [6, 6.07) is 20.2. The van der Waals surface area contributed by atoms with Crippen molar-refractivity contribution in [2.24, 2.45) is 5.92 Å². The molecule has 0 spiro atoms. The van der Waals surface area contributed by atoms with Crippen molar-refractivity contribution in [1.29, 1.82) is 0 Å². The largest absolute Gasteiger partial charge is 0.480 e. The first kappa shape index (κ1) is 27.0. The Hall–Kier alpha value is -3.55. The van der Waals surface area contributed by atoms with Crippen LogP contribution in [0.5, 0.6) is 0 Å². The van der Waals surface area contributed by atoms with Gasteiger partial charge in [-0.05, 0) is 64.1 Å². The van der Waals surface area contributed by atoms with Crippen molar-refractivity contribution >= 4 is 40.3 Å². The highest BCUT2D eigenvalue weighted by Gasteiger charge is 2.58. The maximum atomic E-state index is 14.3. The van der Waals surface area contributed by atoms with Crippen molar-refractivity contribution in [3.05, 3.63) is 116 Å². The normalized spacial score (nSPS) is 21.2. The van der Waals surface area contributed by atoms with Gasteiger partial charge in [-0.3, -0.25) is 9.59 Å². The molecule has 2 aromatic heterocycles. The van der Waals surface area contributed by atoms with Crippen LogP contribution >= 0.6 is 22.7 Å². The fourth-order valence-corrected chi connectivity index (χ4v) is 7.41. The second kappa shape index (κ2) is 10.5. The molecule has 1 fully saturated rings. The third-order valence-electron chi connectivity index (χ3n) is 7.57. The average molecular weight is 558 g/mol. The molecule has 1 amide bonds. The summed E-state index contributed by atoms with van der Waals surface area (Å²) < 4.78 is 0. The number of aryl methyl sites for hydroxylation is 1. The first-order valence-corrected chi connectivity index (χ1v) is 14.7. The smallest absolute Gasteiger partial charge is 0.327 e. The van der Waals surface area contributed by atoms with Gasteiger partial charge >= 0.3 is 5.97 Å². The van der Waals surface area contributed by atoms with Gasteiger partial charge in [0.1, 0.15) is 6.04 Å². The number of aliphatic carboxylic acids is 1. The molecule has 2 aromatic carbocycles. The van der Waals surface area contributed by atoms with Crippen molar-refractivity contribution in [3.8, 4) is 0 Å². The molecule has 1 saturated heterocycles. The number of carbonyl (C=O) groups is 3. The van der Waals surface area contributed by atoms with Crippen molar-refractivity contribution < 1.29 is 19.5 Å². The average Bonchev–Trinajstić information content (AvgIpc) is 3.66. The van der Waals surface area contributed by atoms with E-state index in [0.29, 0.717) is 10.4 Å². The van der Waals surface area contributed by atoms with Gasteiger partial charge in [0.2, 0.25) is 0 Å². The molecule has 5 rings (SSSR count). The van der Waals surface area contributed by atoms with E-state index in [4.69, 9.17) is 0 Å². The van der Waals surface area contributed by atoms with E-state index in [1.807, 2.05) is 60.1 Å². The summed E-state index contributed by atoms with van der Waals surface area (Å²) in [7, 11) is 0. The maximum Gasteiger partial charge on any atom is 0.327 e. The molecule has 39 heavy (non-hydrogen) atoms. The fourth-order valence-electron chi connectivity index (χ4n) is 5.63. The summed E-state index contributed by atoms with van der Waals surface area (Å²) >= 11 is 2.81. The summed E-state index contributed by atoms with van der Waals surface area (Å²) in [4.78, 5) is 44.4. The van der Waals surface area contributed by atoms with Crippen molar-refractivity contribution in [1.82, 2.24) is 4.90 Å². The highest BCUT2D eigenvalue weighted by molar-refractivity contribution is 7.12. The van der Waals surface area contributed by atoms with Gasteiger partial charge in [-0.15, -0.1) is 22.7 Å². The Kier molecular flexibility index (Phi) is 7.31. The predicted molar refractivity (Wildman–Crippen MR) is 156 cm³/mol. The molecule has 0 bridgehead atoms. The van der Waals surface area contributed by atoms with Crippen molar-refractivity contribution in [3.63, 3.8) is 0 Å². The molecule has 1 aliphatic rings. The summed E-state index contributed by atoms with van der Waals surface area (Å²) in [5, 5.41) is 14.5. The second-order valence-electron chi connectivity index (χ2n) is 11.0. The number of carbonyl (C=O) groups excluding carboxylic acids is 2. The minimum Gasteiger partial charge on any atom is -0.480 e. The monoisotopic (exact) mass is 557 g/mol. The standard InChI is InChI=1S/C32H31NO4S2/c1-19-16-18-39-29(19)26-25(28(34)23-11-8-17-38-23)24(20-12-14-22(15-13-20)32(2,3)4)27(31(36)37)33(26)30(35)21-9-6-5-7-10-21/h5-18,24-27H,1-4H3,(H,36,37). The van der Waals surface area contributed by atoms with Gasteiger partial charge in [0.15, 0.2) is 5.78 Å². The number of carboxylic acids is 1. The third-order valence-corrected chi connectivity index (χ3v) is 9.55. The molecule has 3 heterocycles. The van der Waals surface area contributed by atoms with E-state index in [-0.39, 0.29) is 11.2 Å². The van der Waals surface area contributed by atoms with Gasteiger partial charge < -0.3 is 10.0 Å². The Bertz CT molecular complexity index is 1480. The van der Waals surface area contributed by atoms with Gasteiger partial charge in [0.05, 0.1) is 16.8 Å². The molecule has 1 N–H and O–H groups in total. The number of thiophene rings is 2. The fraction of sp³-hybridized carbons (Fsp3) is 0.281. The maximum absolute atomic E-state index is 14.3. The molecule has 0 saturated carbocycles. The lowest BCUT2D eigenvalue weighted by atomic mass is 9.77. The van der Waals surface area contributed by atoms with Gasteiger partial charge in [0, 0.05) is 16.4 Å². The minimum atomic E-state index is -1.22. The Labute approximate surface area is 236 Å². The highest BCUT2D eigenvalue weighted by atomic mass is 32.1. The zero-order valence-electron chi connectivity index (χ0n) is 22.3. The van der Waals surface area contributed by atoms with Gasteiger partial charge in [-0.2, -0.15) is 0 Å². The summed E-state index contributed by atoms with van der Waals surface area (Å²) in [5.74, 6) is -3.15. The predicted octanol–water partition coefficient (Wildman–Crippen LogP) is 7.35. The van der Waals surface area contributed by atoms with Crippen LogP contribution in [0.1, 0.15) is 74.3 Å². The Balaban J connectivity index is 1.75. The molecular formula is C32H31NO4S2. The lowest BCUT2D eigenvalue weighted by Crippen LogP contribution is -2.43. The molecule has 0 aliphatic carbocycles. The first-order chi connectivity index (χ1) is 18.6. The van der Waals surface area contributed by atoms with E-state index < -0.39 is 35.8 Å². The molecular weight excluding hydrogens is 526 g/mol. The minimum absolute atomic E-state index is 0.0848. The Morgan fingerprint density at radius 3 is 2.08 bits per heavy atom. The second-order valence-corrected chi connectivity index (χ2v) is 12.9. The number of likely N-dealkylation sites (tertiary alicyclic amines) is 1. The zero-order valence-corrected chi connectivity index (χ0v) is 24.0. The number of hydrogen-bond donors (Lipinski definition) is 1. The van der Waals surface area contributed by atoms with Crippen LogP contribution in [0, 0.1) is 12.8 Å². The number of amides is 1. The molecule has 0 radical (unpaired) electrons. The van der Waals surface area contributed by atoms with E-state index >= 15 is 0 Å². The van der Waals surface area contributed by atoms with Crippen LogP contribution in [-0.4, -0.2) is 33.7 Å². The Morgan fingerprint density at radius 1 is 0.846 bits per heavy atom. The summed E-state index contributed by atoms with van der Waals surface area (Å²) in [5.41, 5.74) is 3.10. The molecule has 7 heteroatoms. The zero-order chi connectivity index (χ0) is 27.9. The highest BCUT2D eigenvalue weighted by Crippen LogP contribution is 2.53. The van der Waals surface area contributed by atoms with Crippen molar-refractivity contribution in [2.75, 3.05) is 0 Å². The lowest BCUT2D eigenvalue weighted by Gasteiger charge is -2.30. The van der Waals surface area contributed by atoms with E-state index in [1.165, 1.54) is 27.6 Å². The van der Waals surface area contributed by atoms with Gasteiger partial charge in [0.25, 0.3) is 5.91 Å².